The number of hydrogen-bond acceptors (Lipinski definition) is 4. The molecule has 0 aromatic carbocycles. The largest absolute Gasteiger partial charge is 0.368 e. The molecular weight excluding hydrogens is 184 g/mol. The van der Waals surface area contributed by atoms with Crippen molar-refractivity contribution in [3.05, 3.63) is 34.0 Å². The van der Waals surface area contributed by atoms with Gasteiger partial charge >= 0.3 is 5.82 Å². The summed E-state index contributed by atoms with van der Waals surface area (Å²) in [6.07, 6.45) is 1.59. The van der Waals surface area contributed by atoms with Crippen molar-refractivity contribution in [1.82, 2.24) is 4.98 Å². The molecule has 0 amide bonds. The molecule has 0 saturated carbocycles. The Morgan fingerprint density at radius 3 is 2.57 bits per heavy atom. The predicted molar refractivity (Wildman–Crippen MR) is 50.9 cm³/mol. The summed E-state index contributed by atoms with van der Waals surface area (Å²) in [6, 6.07) is 3.06. The standard InChI is InChI=1S/C7H6N2O3.C2H6/c10-9(11)7-2-1-5(3-8-7)6-4-12-6;1-2/h1-3,6H,4H2;1-2H3. The Bertz CT molecular complexity index is 306. The first-order valence-corrected chi connectivity index (χ1v) is 4.49. The molecule has 1 aliphatic heterocycles. The zero-order chi connectivity index (χ0) is 10.6. The lowest BCUT2D eigenvalue weighted by Gasteiger charge is -1.92. The predicted octanol–water partition coefficient (Wildman–Crippen LogP) is 2.09. The molecule has 14 heavy (non-hydrogen) atoms. The Kier molecular flexibility index (Phi) is 3.53. The molecular formula is C9H12N2O3. The second-order valence-corrected chi connectivity index (χ2v) is 2.53. The Morgan fingerprint density at radius 2 is 2.21 bits per heavy atom. The number of epoxide rings is 1. The second-order valence-electron chi connectivity index (χ2n) is 2.53. The number of nitro groups is 1. The molecule has 1 aliphatic rings. The molecule has 1 atom stereocenters. The number of nitrogens with zero attached hydrogens (tertiary/aromatic N) is 2. The van der Waals surface area contributed by atoms with Crippen molar-refractivity contribution in [2.75, 3.05) is 6.61 Å². The van der Waals surface area contributed by atoms with Crippen molar-refractivity contribution in [3.63, 3.8) is 0 Å². The maximum absolute atomic E-state index is 10.2. The van der Waals surface area contributed by atoms with Gasteiger partial charge in [0.05, 0.1) is 6.61 Å². The summed E-state index contributed by atoms with van der Waals surface area (Å²) < 4.78 is 4.99. The first-order chi connectivity index (χ1) is 6.77. The summed E-state index contributed by atoms with van der Waals surface area (Å²) in [7, 11) is 0. The molecule has 2 heterocycles. The van der Waals surface area contributed by atoms with Crippen LogP contribution in [0.25, 0.3) is 0 Å². The Labute approximate surface area is 81.9 Å². The summed E-state index contributed by atoms with van der Waals surface area (Å²) in [5.74, 6) is -0.126. The zero-order valence-electron chi connectivity index (χ0n) is 8.14. The third kappa shape index (κ3) is 2.50. The highest BCUT2D eigenvalue weighted by molar-refractivity contribution is 5.25. The number of hydrogen-bond donors (Lipinski definition) is 0. The Hall–Kier alpha value is -1.49. The topological polar surface area (TPSA) is 68.6 Å². The van der Waals surface area contributed by atoms with Crippen LogP contribution in [0.15, 0.2) is 18.3 Å². The van der Waals surface area contributed by atoms with E-state index < -0.39 is 4.92 Å². The molecule has 0 N–H and O–H groups in total. The SMILES string of the molecule is CC.O=[N+]([O-])c1ccc(C2CO2)cn1. The molecule has 0 bridgehead atoms. The molecule has 5 heteroatoms. The summed E-state index contributed by atoms with van der Waals surface area (Å²) in [5, 5.41) is 10.2. The van der Waals surface area contributed by atoms with Crippen molar-refractivity contribution >= 4 is 5.82 Å². The van der Waals surface area contributed by atoms with Crippen molar-refractivity contribution in [2.24, 2.45) is 0 Å². The molecule has 0 aliphatic carbocycles. The Morgan fingerprint density at radius 1 is 1.57 bits per heavy atom. The van der Waals surface area contributed by atoms with Gasteiger partial charge in [-0.25, -0.2) is 0 Å². The lowest BCUT2D eigenvalue weighted by atomic mass is 10.2. The number of rotatable bonds is 2. The van der Waals surface area contributed by atoms with Gasteiger partial charge in [0, 0.05) is 11.6 Å². The van der Waals surface area contributed by atoms with Gasteiger partial charge in [0.1, 0.15) is 12.3 Å². The van der Waals surface area contributed by atoms with Crippen LogP contribution in [0.3, 0.4) is 0 Å². The minimum absolute atomic E-state index is 0.110. The quantitative estimate of drug-likeness (QED) is 0.412. The highest BCUT2D eigenvalue weighted by atomic mass is 16.6. The van der Waals surface area contributed by atoms with Crippen LogP contribution >= 0.6 is 0 Å². The zero-order valence-corrected chi connectivity index (χ0v) is 8.14. The van der Waals surface area contributed by atoms with E-state index in [0.717, 1.165) is 5.56 Å². The average Bonchev–Trinajstić information content (AvgIpc) is 3.04. The second kappa shape index (κ2) is 4.66. The average molecular weight is 196 g/mol. The normalized spacial score (nSPS) is 18.0. The summed E-state index contributed by atoms with van der Waals surface area (Å²) in [6.45, 7) is 4.69. The fourth-order valence-corrected chi connectivity index (χ4v) is 0.937. The molecule has 76 valence electrons. The molecule has 2 rings (SSSR count). The fraction of sp³-hybridized carbons (Fsp3) is 0.444. The van der Waals surface area contributed by atoms with Crippen LogP contribution in [0.4, 0.5) is 5.82 Å². The van der Waals surface area contributed by atoms with Crippen molar-refractivity contribution in [3.8, 4) is 0 Å². The molecule has 0 spiro atoms. The fourth-order valence-electron chi connectivity index (χ4n) is 0.937. The molecule has 1 aromatic rings. The van der Waals surface area contributed by atoms with Crippen LogP contribution in [0.2, 0.25) is 0 Å². The summed E-state index contributed by atoms with van der Waals surface area (Å²) in [5.41, 5.74) is 0.903. The Balaban J connectivity index is 0.000000461. The van der Waals surface area contributed by atoms with Gasteiger partial charge in [-0.2, -0.15) is 0 Å². The first kappa shape index (κ1) is 10.6. The highest BCUT2D eigenvalue weighted by Crippen LogP contribution is 2.29. The molecule has 0 radical (unpaired) electrons. The molecule has 1 unspecified atom stereocenters. The van der Waals surface area contributed by atoms with E-state index in [2.05, 4.69) is 4.98 Å². The van der Waals surface area contributed by atoms with Gasteiger partial charge in [0.15, 0.2) is 0 Å². The first-order valence-electron chi connectivity index (χ1n) is 4.49. The summed E-state index contributed by atoms with van der Waals surface area (Å²) in [4.78, 5) is 13.4. The van der Waals surface area contributed by atoms with Gasteiger partial charge in [-0.1, -0.05) is 13.8 Å². The summed E-state index contributed by atoms with van der Waals surface area (Å²) >= 11 is 0. The van der Waals surface area contributed by atoms with Crippen LogP contribution in [0.5, 0.6) is 0 Å². The van der Waals surface area contributed by atoms with E-state index >= 15 is 0 Å². The molecule has 5 nitrogen and oxygen atoms in total. The maximum atomic E-state index is 10.2. The minimum Gasteiger partial charge on any atom is -0.368 e. The number of pyridine rings is 1. The minimum atomic E-state index is -0.516. The van der Waals surface area contributed by atoms with Gasteiger partial charge in [-0.05, 0) is 16.0 Å². The van der Waals surface area contributed by atoms with E-state index in [1.165, 1.54) is 12.3 Å². The van der Waals surface area contributed by atoms with Crippen molar-refractivity contribution < 1.29 is 9.66 Å². The molecule has 1 saturated heterocycles. The monoisotopic (exact) mass is 196 g/mol. The lowest BCUT2D eigenvalue weighted by molar-refractivity contribution is -0.389. The van der Waals surface area contributed by atoms with Crippen LogP contribution < -0.4 is 0 Å². The lowest BCUT2D eigenvalue weighted by Crippen LogP contribution is -1.92. The molecule has 1 aromatic heterocycles. The van der Waals surface area contributed by atoms with Gasteiger partial charge in [0.25, 0.3) is 0 Å². The van der Waals surface area contributed by atoms with Crippen LogP contribution in [0.1, 0.15) is 25.5 Å². The van der Waals surface area contributed by atoms with E-state index in [1.807, 2.05) is 13.8 Å². The van der Waals surface area contributed by atoms with E-state index in [-0.39, 0.29) is 11.9 Å². The van der Waals surface area contributed by atoms with Gasteiger partial charge in [-0.3, -0.25) is 0 Å². The number of aromatic nitrogens is 1. The van der Waals surface area contributed by atoms with Gasteiger partial charge in [-0.15, -0.1) is 0 Å². The van der Waals surface area contributed by atoms with Crippen molar-refractivity contribution in [1.29, 1.82) is 0 Å². The van der Waals surface area contributed by atoms with E-state index in [0.29, 0.717) is 6.61 Å². The number of ether oxygens (including phenoxy) is 1. The van der Waals surface area contributed by atoms with Gasteiger partial charge in [0.2, 0.25) is 0 Å². The van der Waals surface area contributed by atoms with Crippen molar-refractivity contribution in [2.45, 2.75) is 20.0 Å². The van der Waals surface area contributed by atoms with Gasteiger partial charge < -0.3 is 14.9 Å². The maximum Gasteiger partial charge on any atom is 0.363 e. The third-order valence-corrected chi connectivity index (χ3v) is 1.66. The van der Waals surface area contributed by atoms with E-state index in [9.17, 15) is 10.1 Å². The van der Waals surface area contributed by atoms with E-state index in [4.69, 9.17) is 4.74 Å². The molecule has 1 fully saturated rings. The van der Waals surface area contributed by atoms with E-state index in [1.54, 1.807) is 6.07 Å². The highest BCUT2D eigenvalue weighted by Gasteiger charge is 2.26. The van der Waals surface area contributed by atoms with Crippen LogP contribution in [0, 0.1) is 10.1 Å². The third-order valence-electron chi connectivity index (χ3n) is 1.66. The van der Waals surface area contributed by atoms with Crippen LogP contribution in [-0.4, -0.2) is 16.5 Å². The smallest absolute Gasteiger partial charge is 0.363 e. The van der Waals surface area contributed by atoms with Crippen LogP contribution in [-0.2, 0) is 4.74 Å².